The van der Waals surface area contributed by atoms with Crippen LogP contribution in [0, 0.1) is 12.8 Å². The zero-order valence-electron chi connectivity index (χ0n) is 12.1. The third-order valence-corrected chi connectivity index (χ3v) is 3.28. The van der Waals surface area contributed by atoms with E-state index in [-0.39, 0.29) is 5.91 Å². The molecule has 0 fully saturated rings. The molecule has 19 heavy (non-hydrogen) atoms. The van der Waals surface area contributed by atoms with Gasteiger partial charge in [0.2, 0.25) is 5.91 Å². The molecule has 0 aromatic carbocycles. The summed E-state index contributed by atoms with van der Waals surface area (Å²) in [5.41, 5.74) is 1.91. The molecule has 1 aromatic heterocycles. The molecule has 2 N–H and O–H groups in total. The molecule has 0 saturated carbocycles. The number of carbonyl (C=O) groups is 1. The minimum Gasteiger partial charge on any atom is -0.356 e. The van der Waals surface area contributed by atoms with Crippen molar-refractivity contribution in [3.05, 3.63) is 16.4 Å². The van der Waals surface area contributed by atoms with Crippen molar-refractivity contribution >= 4 is 17.5 Å². The van der Waals surface area contributed by atoms with Crippen LogP contribution in [0.15, 0.2) is 0 Å². The number of amides is 1. The van der Waals surface area contributed by atoms with E-state index in [2.05, 4.69) is 29.6 Å². The fourth-order valence-electron chi connectivity index (χ4n) is 1.70. The Labute approximate surface area is 119 Å². The average Bonchev–Trinajstić information content (AvgIpc) is 2.57. The summed E-state index contributed by atoms with van der Waals surface area (Å²) in [6, 6.07) is 0. The van der Waals surface area contributed by atoms with Gasteiger partial charge in [0.05, 0.1) is 5.69 Å². The molecule has 0 radical (unpaired) electrons. The Kier molecular flexibility index (Phi) is 6.31. The van der Waals surface area contributed by atoms with E-state index in [0.29, 0.717) is 30.6 Å². The van der Waals surface area contributed by atoms with Crippen LogP contribution in [0.3, 0.4) is 0 Å². The maximum absolute atomic E-state index is 11.5. The summed E-state index contributed by atoms with van der Waals surface area (Å²) >= 11 is 6.12. The fraction of sp³-hybridized carbons (Fsp3) is 0.692. The topological polar surface area (TPSA) is 59.0 Å². The molecule has 1 aromatic rings. The van der Waals surface area contributed by atoms with Crippen LogP contribution in [0.4, 0.5) is 0 Å². The molecule has 0 saturated heterocycles. The summed E-state index contributed by atoms with van der Waals surface area (Å²) in [6.07, 6.45) is 0.476. The standard InChI is InChI=1S/C13H23ClN4O/c1-9(2)7-16-12(19)5-6-15-8-11-10(3)17-18(4)13(11)14/h9,15H,5-8H2,1-4H3,(H,16,19). The smallest absolute Gasteiger partial charge is 0.221 e. The van der Waals surface area contributed by atoms with Gasteiger partial charge >= 0.3 is 0 Å². The van der Waals surface area contributed by atoms with E-state index in [4.69, 9.17) is 11.6 Å². The Hall–Kier alpha value is -1.07. The number of carbonyl (C=O) groups excluding carboxylic acids is 1. The van der Waals surface area contributed by atoms with Crippen molar-refractivity contribution < 1.29 is 4.79 Å². The molecule has 0 unspecified atom stereocenters. The Bertz CT molecular complexity index is 429. The summed E-state index contributed by atoms with van der Waals surface area (Å²) in [5, 5.41) is 11.0. The van der Waals surface area contributed by atoms with Gasteiger partial charge in [0.1, 0.15) is 5.15 Å². The van der Waals surface area contributed by atoms with Crippen LogP contribution in [0.5, 0.6) is 0 Å². The van der Waals surface area contributed by atoms with Gasteiger partial charge in [-0.05, 0) is 12.8 Å². The molecule has 0 spiro atoms. The molecule has 1 rings (SSSR count). The second-order valence-electron chi connectivity index (χ2n) is 5.10. The van der Waals surface area contributed by atoms with Gasteiger partial charge in [0.25, 0.3) is 0 Å². The SMILES string of the molecule is Cc1nn(C)c(Cl)c1CNCCC(=O)NCC(C)C. The zero-order valence-corrected chi connectivity index (χ0v) is 12.8. The third kappa shape index (κ3) is 5.20. The molecule has 0 aliphatic rings. The molecule has 108 valence electrons. The number of halogens is 1. The van der Waals surface area contributed by atoms with Crippen molar-refractivity contribution in [2.24, 2.45) is 13.0 Å². The van der Waals surface area contributed by atoms with Crippen molar-refractivity contribution in [3.8, 4) is 0 Å². The van der Waals surface area contributed by atoms with Crippen LogP contribution in [0.2, 0.25) is 5.15 Å². The lowest BCUT2D eigenvalue weighted by Gasteiger charge is -2.08. The van der Waals surface area contributed by atoms with Gasteiger partial charge < -0.3 is 10.6 Å². The van der Waals surface area contributed by atoms with E-state index in [1.54, 1.807) is 4.68 Å². The number of aromatic nitrogens is 2. The van der Waals surface area contributed by atoms with Gasteiger partial charge in [-0.25, -0.2) is 0 Å². The average molecular weight is 287 g/mol. The number of nitrogens with zero attached hydrogens (tertiary/aromatic N) is 2. The largest absolute Gasteiger partial charge is 0.356 e. The maximum Gasteiger partial charge on any atom is 0.221 e. The Morgan fingerprint density at radius 3 is 2.68 bits per heavy atom. The van der Waals surface area contributed by atoms with Gasteiger partial charge in [0.15, 0.2) is 0 Å². The van der Waals surface area contributed by atoms with Crippen LogP contribution >= 0.6 is 11.6 Å². The van der Waals surface area contributed by atoms with Gasteiger partial charge in [-0.3, -0.25) is 9.48 Å². The molecule has 1 heterocycles. The Morgan fingerprint density at radius 1 is 1.47 bits per heavy atom. The quantitative estimate of drug-likeness (QED) is 0.749. The third-order valence-electron chi connectivity index (χ3n) is 2.81. The Morgan fingerprint density at radius 2 is 2.16 bits per heavy atom. The lowest BCUT2D eigenvalue weighted by Crippen LogP contribution is -2.30. The first kappa shape index (κ1) is 16.0. The minimum absolute atomic E-state index is 0.0789. The predicted octanol–water partition coefficient (Wildman–Crippen LogP) is 1.63. The summed E-state index contributed by atoms with van der Waals surface area (Å²) in [5.74, 6) is 0.559. The van der Waals surface area contributed by atoms with Crippen LogP contribution in [-0.2, 0) is 18.4 Å². The van der Waals surface area contributed by atoms with Crippen molar-refractivity contribution in [1.29, 1.82) is 0 Å². The van der Waals surface area contributed by atoms with Gasteiger partial charge in [-0.2, -0.15) is 5.10 Å². The normalized spacial score (nSPS) is 11.1. The van der Waals surface area contributed by atoms with E-state index >= 15 is 0 Å². The molecule has 0 bridgehead atoms. The number of rotatable bonds is 7. The lowest BCUT2D eigenvalue weighted by atomic mass is 10.2. The molecule has 0 atom stereocenters. The van der Waals surface area contributed by atoms with Crippen LogP contribution in [0.25, 0.3) is 0 Å². The number of hydrogen-bond donors (Lipinski definition) is 2. The highest BCUT2D eigenvalue weighted by Crippen LogP contribution is 2.17. The molecule has 5 nitrogen and oxygen atoms in total. The summed E-state index contributed by atoms with van der Waals surface area (Å²) < 4.78 is 1.66. The highest BCUT2D eigenvalue weighted by molar-refractivity contribution is 6.30. The number of nitrogens with one attached hydrogen (secondary N) is 2. The summed E-state index contributed by atoms with van der Waals surface area (Å²) in [4.78, 5) is 11.5. The first-order valence-corrected chi connectivity index (χ1v) is 6.95. The summed E-state index contributed by atoms with van der Waals surface area (Å²) in [7, 11) is 1.82. The predicted molar refractivity (Wildman–Crippen MR) is 77.1 cm³/mol. The second-order valence-corrected chi connectivity index (χ2v) is 5.46. The van der Waals surface area contributed by atoms with Crippen LogP contribution in [0.1, 0.15) is 31.5 Å². The first-order valence-electron chi connectivity index (χ1n) is 6.57. The molecular weight excluding hydrogens is 264 g/mol. The van der Waals surface area contributed by atoms with E-state index in [9.17, 15) is 4.79 Å². The molecular formula is C13H23ClN4O. The fourth-order valence-corrected chi connectivity index (χ4v) is 1.94. The van der Waals surface area contributed by atoms with Crippen molar-refractivity contribution in [2.45, 2.75) is 33.7 Å². The van der Waals surface area contributed by atoms with Gasteiger partial charge in [0, 0.05) is 38.7 Å². The van der Waals surface area contributed by atoms with E-state index < -0.39 is 0 Å². The van der Waals surface area contributed by atoms with Gasteiger partial charge in [-0.1, -0.05) is 25.4 Å². The monoisotopic (exact) mass is 286 g/mol. The first-order chi connectivity index (χ1) is 8.91. The van der Waals surface area contributed by atoms with E-state index in [1.807, 2.05) is 14.0 Å². The lowest BCUT2D eigenvalue weighted by molar-refractivity contribution is -0.121. The van der Waals surface area contributed by atoms with Gasteiger partial charge in [-0.15, -0.1) is 0 Å². The van der Waals surface area contributed by atoms with E-state index in [0.717, 1.165) is 17.8 Å². The second kappa shape index (κ2) is 7.50. The highest BCUT2D eigenvalue weighted by atomic mass is 35.5. The maximum atomic E-state index is 11.5. The molecule has 6 heteroatoms. The molecule has 0 aliphatic heterocycles. The minimum atomic E-state index is 0.0789. The van der Waals surface area contributed by atoms with Crippen molar-refractivity contribution in [1.82, 2.24) is 20.4 Å². The van der Waals surface area contributed by atoms with Crippen molar-refractivity contribution in [2.75, 3.05) is 13.1 Å². The number of aryl methyl sites for hydroxylation is 2. The van der Waals surface area contributed by atoms with Crippen molar-refractivity contribution in [3.63, 3.8) is 0 Å². The molecule has 0 aliphatic carbocycles. The molecule has 1 amide bonds. The van der Waals surface area contributed by atoms with Crippen LogP contribution in [-0.4, -0.2) is 28.8 Å². The Balaban J connectivity index is 2.26. The van der Waals surface area contributed by atoms with Crippen LogP contribution < -0.4 is 10.6 Å². The zero-order chi connectivity index (χ0) is 14.4. The number of hydrogen-bond acceptors (Lipinski definition) is 3. The highest BCUT2D eigenvalue weighted by Gasteiger charge is 2.10. The van der Waals surface area contributed by atoms with E-state index in [1.165, 1.54) is 0 Å². The summed E-state index contributed by atoms with van der Waals surface area (Å²) in [6.45, 7) is 8.08.